The molecule has 0 unspecified atom stereocenters. The maximum Gasteiger partial charge on any atom is 0.368 e. The highest BCUT2D eigenvalue weighted by Crippen LogP contribution is 1.95. The van der Waals surface area contributed by atoms with Gasteiger partial charge in [0, 0.05) is 5.57 Å². The van der Waals surface area contributed by atoms with E-state index in [1.54, 1.807) is 13.0 Å². The van der Waals surface area contributed by atoms with Crippen LogP contribution in [0.5, 0.6) is 0 Å². The number of hydrogen-bond donors (Lipinski definition) is 1. The molecule has 0 bridgehead atoms. The minimum Gasteiger partial charge on any atom is -0.296 e. The van der Waals surface area contributed by atoms with Gasteiger partial charge in [0.1, 0.15) is 0 Å². The van der Waals surface area contributed by atoms with Crippen molar-refractivity contribution in [1.82, 2.24) is 0 Å². The lowest BCUT2D eigenvalue weighted by Gasteiger charge is -1.92. The Morgan fingerprint density at radius 3 is 2.67 bits per heavy atom. The van der Waals surface area contributed by atoms with Crippen LogP contribution in [0.4, 0.5) is 0 Å². The average molecular weight is 130 g/mol. The molecule has 0 spiro atoms. The molecule has 0 saturated carbocycles. The van der Waals surface area contributed by atoms with E-state index in [-0.39, 0.29) is 0 Å². The number of carbonyl (C=O) groups is 1. The topological polar surface area (TPSA) is 46.5 Å². The quantitative estimate of drug-likeness (QED) is 0.348. The Hall–Kier alpha value is -0.830. The molecule has 0 heterocycles. The zero-order valence-corrected chi connectivity index (χ0v) is 5.55. The summed E-state index contributed by atoms with van der Waals surface area (Å²) >= 11 is 0. The summed E-state index contributed by atoms with van der Waals surface area (Å²) in [7, 11) is 0. The lowest BCUT2D eigenvalue weighted by Crippen LogP contribution is -2.01. The van der Waals surface area contributed by atoms with Crippen LogP contribution in [0, 0.1) is 0 Å². The van der Waals surface area contributed by atoms with Gasteiger partial charge in [-0.05, 0) is 13.3 Å². The van der Waals surface area contributed by atoms with Gasteiger partial charge in [0.15, 0.2) is 0 Å². The van der Waals surface area contributed by atoms with E-state index in [9.17, 15) is 4.79 Å². The van der Waals surface area contributed by atoms with Crippen molar-refractivity contribution in [1.29, 1.82) is 0 Å². The van der Waals surface area contributed by atoms with E-state index in [4.69, 9.17) is 5.26 Å². The van der Waals surface area contributed by atoms with Gasteiger partial charge in [-0.2, -0.15) is 5.26 Å². The molecule has 1 N–H and O–H groups in total. The maximum atomic E-state index is 10.4. The fraction of sp³-hybridized carbons (Fsp3) is 0.500. The Morgan fingerprint density at radius 2 is 2.33 bits per heavy atom. The zero-order valence-electron chi connectivity index (χ0n) is 5.55. The van der Waals surface area contributed by atoms with E-state index in [0.717, 1.165) is 6.42 Å². The fourth-order valence-corrected chi connectivity index (χ4v) is 0.462. The van der Waals surface area contributed by atoms with Gasteiger partial charge < -0.3 is 0 Å². The van der Waals surface area contributed by atoms with Crippen molar-refractivity contribution in [2.75, 3.05) is 0 Å². The summed E-state index contributed by atoms with van der Waals surface area (Å²) in [4.78, 5) is 13.8. The van der Waals surface area contributed by atoms with E-state index in [1.165, 1.54) is 0 Å². The minimum absolute atomic E-state index is 0.431. The first-order valence-corrected chi connectivity index (χ1v) is 2.74. The zero-order chi connectivity index (χ0) is 7.28. The number of allylic oxidation sites excluding steroid dienone is 1. The highest BCUT2D eigenvalue weighted by atomic mass is 17.1. The van der Waals surface area contributed by atoms with E-state index < -0.39 is 5.97 Å². The smallest absolute Gasteiger partial charge is 0.296 e. The highest BCUT2D eigenvalue weighted by molar-refractivity contribution is 5.87. The van der Waals surface area contributed by atoms with Gasteiger partial charge in [-0.15, -0.1) is 0 Å². The monoisotopic (exact) mass is 130 g/mol. The van der Waals surface area contributed by atoms with Crippen molar-refractivity contribution in [3.8, 4) is 0 Å². The third-order valence-electron chi connectivity index (χ3n) is 0.915. The van der Waals surface area contributed by atoms with Crippen molar-refractivity contribution < 1.29 is 14.9 Å². The molecule has 0 amide bonds. The van der Waals surface area contributed by atoms with Gasteiger partial charge in [0.25, 0.3) is 0 Å². The van der Waals surface area contributed by atoms with Gasteiger partial charge in [0.2, 0.25) is 0 Å². The second-order valence-corrected chi connectivity index (χ2v) is 1.67. The molecular weight excluding hydrogens is 120 g/mol. The Labute approximate surface area is 53.9 Å². The summed E-state index contributed by atoms with van der Waals surface area (Å²) in [5.41, 5.74) is 0.431. The van der Waals surface area contributed by atoms with Gasteiger partial charge in [-0.3, -0.25) is 4.89 Å². The standard InChI is InChI=1S/C6H10O3/c1-3-4-5(2)6(7)9-8/h4,8H,3H2,1-2H3. The predicted molar refractivity (Wildman–Crippen MR) is 32.8 cm³/mol. The minimum atomic E-state index is -0.683. The summed E-state index contributed by atoms with van der Waals surface area (Å²) in [5.74, 6) is -0.683. The Kier molecular flexibility index (Phi) is 3.71. The molecule has 0 rings (SSSR count). The predicted octanol–water partition coefficient (Wildman–Crippen LogP) is 1.36. The average Bonchev–Trinajstić information content (AvgIpc) is 1.87. The van der Waals surface area contributed by atoms with Crippen LogP contribution in [0.3, 0.4) is 0 Å². The van der Waals surface area contributed by atoms with Crippen molar-refractivity contribution in [3.05, 3.63) is 11.6 Å². The number of carbonyl (C=O) groups excluding carboxylic acids is 1. The van der Waals surface area contributed by atoms with Crippen LogP contribution < -0.4 is 0 Å². The molecule has 0 radical (unpaired) electrons. The summed E-state index contributed by atoms with van der Waals surface area (Å²) in [6, 6.07) is 0. The summed E-state index contributed by atoms with van der Waals surface area (Å²) < 4.78 is 0. The lowest BCUT2D eigenvalue weighted by atomic mass is 10.2. The normalized spacial score (nSPS) is 11.2. The van der Waals surface area contributed by atoms with E-state index in [0.29, 0.717) is 5.57 Å². The molecule has 0 fully saturated rings. The van der Waals surface area contributed by atoms with Crippen molar-refractivity contribution >= 4 is 5.97 Å². The molecule has 0 aromatic heterocycles. The van der Waals surface area contributed by atoms with Crippen molar-refractivity contribution in [2.45, 2.75) is 20.3 Å². The van der Waals surface area contributed by atoms with Crippen molar-refractivity contribution in [2.24, 2.45) is 0 Å². The van der Waals surface area contributed by atoms with E-state index >= 15 is 0 Å². The first-order valence-electron chi connectivity index (χ1n) is 2.74. The molecular formula is C6H10O3. The lowest BCUT2D eigenvalue weighted by molar-refractivity contribution is -0.229. The third-order valence-corrected chi connectivity index (χ3v) is 0.915. The third kappa shape index (κ3) is 2.87. The Bertz CT molecular complexity index is 126. The number of hydrogen-bond acceptors (Lipinski definition) is 3. The SMILES string of the molecule is CCC=C(C)C(=O)OO. The van der Waals surface area contributed by atoms with Crippen LogP contribution in [-0.2, 0) is 9.68 Å². The first kappa shape index (κ1) is 8.17. The summed E-state index contributed by atoms with van der Waals surface area (Å²) in [6.45, 7) is 3.48. The second kappa shape index (κ2) is 4.09. The molecule has 52 valence electrons. The van der Waals surface area contributed by atoms with E-state index in [2.05, 4.69) is 4.89 Å². The van der Waals surface area contributed by atoms with Crippen molar-refractivity contribution in [3.63, 3.8) is 0 Å². The Balaban J connectivity index is 3.86. The molecule has 0 atom stereocenters. The molecule has 9 heavy (non-hydrogen) atoms. The molecule has 0 aromatic rings. The molecule has 0 aliphatic carbocycles. The van der Waals surface area contributed by atoms with Crippen LogP contribution in [-0.4, -0.2) is 11.2 Å². The second-order valence-electron chi connectivity index (χ2n) is 1.67. The van der Waals surface area contributed by atoms with Crippen LogP contribution >= 0.6 is 0 Å². The van der Waals surface area contributed by atoms with Gasteiger partial charge >= 0.3 is 5.97 Å². The van der Waals surface area contributed by atoms with Crippen LogP contribution in [0.1, 0.15) is 20.3 Å². The molecule has 0 saturated heterocycles. The molecule has 0 aliphatic heterocycles. The Morgan fingerprint density at radius 1 is 1.78 bits per heavy atom. The first-order chi connectivity index (χ1) is 4.22. The van der Waals surface area contributed by atoms with Crippen LogP contribution in [0.2, 0.25) is 0 Å². The molecule has 3 heteroatoms. The van der Waals surface area contributed by atoms with E-state index in [1.807, 2.05) is 6.92 Å². The highest BCUT2D eigenvalue weighted by Gasteiger charge is 2.01. The van der Waals surface area contributed by atoms with Gasteiger partial charge in [0.05, 0.1) is 0 Å². The summed E-state index contributed by atoms with van der Waals surface area (Å²) in [5, 5.41) is 7.84. The fourth-order valence-electron chi connectivity index (χ4n) is 0.462. The maximum absolute atomic E-state index is 10.4. The number of rotatable bonds is 2. The molecule has 3 nitrogen and oxygen atoms in total. The largest absolute Gasteiger partial charge is 0.368 e. The van der Waals surface area contributed by atoms with Gasteiger partial charge in [-0.25, -0.2) is 4.79 Å². The van der Waals surface area contributed by atoms with Crippen LogP contribution in [0.25, 0.3) is 0 Å². The summed E-state index contributed by atoms with van der Waals surface area (Å²) in [6.07, 6.45) is 2.44. The van der Waals surface area contributed by atoms with Gasteiger partial charge in [-0.1, -0.05) is 13.0 Å². The van der Waals surface area contributed by atoms with Crippen LogP contribution in [0.15, 0.2) is 11.6 Å². The molecule has 0 aliphatic rings. The molecule has 0 aromatic carbocycles.